The van der Waals surface area contributed by atoms with Crippen LogP contribution in [0, 0.1) is 0 Å². The molecule has 5 nitrogen and oxygen atoms in total. The van der Waals surface area contributed by atoms with Crippen LogP contribution in [0.5, 0.6) is 0 Å². The molecule has 0 aromatic carbocycles. The molecule has 0 atom stereocenters. The monoisotopic (exact) mass is 248 g/mol. The average molecular weight is 248 g/mol. The Morgan fingerprint density at radius 2 is 2.17 bits per heavy atom. The summed E-state index contributed by atoms with van der Waals surface area (Å²) in [6.45, 7) is 4.43. The highest BCUT2D eigenvalue weighted by molar-refractivity contribution is 5.92. The lowest BCUT2D eigenvalue weighted by Gasteiger charge is -2.22. The van der Waals surface area contributed by atoms with Crippen molar-refractivity contribution in [2.24, 2.45) is 5.73 Å². The van der Waals surface area contributed by atoms with E-state index in [0.29, 0.717) is 5.56 Å². The third-order valence-corrected chi connectivity index (χ3v) is 3.37. The lowest BCUT2D eigenvalue weighted by Crippen LogP contribution is -2.31. The first-order valence-corrected chi connectivity index (χ1v) is 6.36. The maximum Gasteiger partial charge on any atom is 0.250 e. The summed E-state index contributed by atoms with van der Waals surface area (Å²) in [5.74, 6) is 0.438. The quantitative estimate of drug-likeness (QED) is 0.833. The van der Waals surface area contributed by atoms with Crippen LogP contribution in [-0.4, -0.2) is 49.0 Å². The Hall–Kier alpha value is -1.62. The molecule has 1 aromatic heterocycles. The standard InChI is InChI=1S/C13H20N4O/c1-16(8-9-17-6-2-3-7-17)12-5-4-11(10-15-12)13(14)18/h4-5,10H,2-3,6-9H2,1H3,(H2,14,18). The summed E-state index contributed by atoms with van der Waals surface area (Å²) in [5.41, 5.74) is 5.63. The smallest absolute Gasteiger partial charge is 0.250 e. The van der Waals surface area contributed by atoms with Crippen molar-refractivity contribution in [1.82, 2.24) is 9.88 Å². The molecule has 18 heavy (non-hydrogen) atoms. The van der Waals surface area contributed by atoms with Crippen LogP contribution in [0.15, 0.2) is 18.3 Å². The summed E-state index contributed by atoms with van der Waals surface area (Å²) in [5, 5.41) is 0. The molecule has 98 valence electrons. The molecule has 1 amide bonds. The molecule has 0 radical (unpaired) electrons. The van der Waals surface area contributed by atoms with E-state index in [1.165, 1.54) is 32.1 Å². The molecule has 2 rings (SSSR count). The fourth-order valence-electron chi connectivity index (χ4n) is 2.17. The Kier molecular flexibility index (Phi) is 4.15. The topological polar surface area (TPSA) is 62.5 Å². The summed E-state index contributed by atoms with van der Waals surface area (Å²) in [6.07, 6.45) is 4.16. The van der Waals surface area contributed by atoms with Crippen LogP contribution >= 0.6 is 0 Å². The number of aromatic nitrogens is 1. The maximum atomic E-state index is 10.9. The Balaban J connectivity index is 1.87. The van der Waals surface area contributed by atoms with Gasteiger partial charge in [0.05, 0.1) is 5.56 Å². The number of anilines is 1. The first kappa shape index (κ1) is 12.8. The summed E-state index contributed by atoms with van der Waals surface area (Å²) in [4.78, 5) is 19.8. The van der Waals surface area contributed by atoms with Gasteiger partial charge in [0.25, 0.3) is 0 Å². The van der Waals surface area contributed by atoms with Gasteiger partial charge >= 0.3 is 0 Å². The van der Waals surface area contributed by atoms with Crippen molar-refractivity contribution >= 4 is 11.7 Å². The van der Waals surface area contributed by atoms with Gasteiger partial charge in [-0.15, -0.1) is 0 Å². The van der Waals surface area contributed by atoms with Crippen molar-refractivity contribution in [3.05, 3.63) is 23.9 Å². The SMILES string of the molecule is CN(CCN1CCCC1)c1ccc(C(N)=O)cn1. The molecule has 0 saturated carbocycles. The fourth-order valence-corrected chi connectivity index (χ4v) is 2.17. The van der Waals surface area contributed by atoms with E-state index in [9.17, 15) is 4.79 Å². The zero-order valence-corrected chi connectivity index (χ0v) is 10.8. The van der Waals surface area contributed by atoms with E-state index in [4.69, 9.17) is 5.73 Å². The molecular weight excluding hydrogens is 228 g/mol. The number of likely N-dealkylation sites (N-methyl/N-ethyl adjacent to an activating group) is 1. The zero-order chi connectivity index (χ0) is 13.0. The van der Waals surface area contributed by atoms with Crippen molar-refractivity contribution in [3.8, 4) is 0 Å². The zero-order valence-electron chi connectivity index (χ0n) is 10.8. The van der Waals surface area contributed by atoms with Gasteiger partial charge in [-0.1, -0.05) is 0 Å². The van der Waals surface area contributed by atoms with Crippen LogP contribution in [-0.2, 0) is 0 Å². The van der Waals surface area contributed by atoms with Gasteiger partial charge in [0.15, 0.2) is 0 Å². The summed E-state index contributed by atoms with van der Waals surface area (Å²) < 4.78 is 0. The van der Waals surface area contributed by atoms with Crippen molar-refractivity contribution in [2.75, 3.05) is 38.1 Å². The third-order valence-electron chi connectivity index (χ3n) is 3.37. The number of hydrogen-bond donors (Lipinski definition) is 1. The second-order valence-electron chi connectivity index (χ2n) is 4.74. The van der Waals surface area contributed by atoms with E-state index in [-0.39, 0.29) is 0 Å². The minimum atomic E-state index is -0.436. The van der Waals surface area contributed by atoms with E-state index in [2.05, 4.69) is 14.8 Å². The minimum absolute atomic E-state index is 0.436. The minimum Gasteiger partial charge on any atom is -0.366 e. The predicted molar refractivity (Wildman–Crippen MR) is 71.7 cm³/mol. The van der Waals surface area contributed by atoms with Gasteiger partial charge in [-0.3, -0.25) is 4.79 Å². The van der Waals surface area contributed by atoms with Crippen LogP contribution in [0.1, 0.15) is 23.2 Å². The van der Waals surface area contributed by atoms with Crippen molar-refractivity contribution < 1.29 is 4.79 Å². The number of primary amides is 1. The van der Waals surface area contributed by atoms with Gasteiger partial charge in [0.1, 0.15) is 5.82 Å². The first-order chi connectivity index (χ1) is 8.66. The van der Waals surface area contributed by atoms with E-state index < -0.39 is 5.91 Å². The second-order valence-corrected chi connectivity index (χ2v) is 4.74. The Morgan fingerprint density at radius 3 is 2.72 bits per heavy atom. The van der Waals surface area contributed by atoms with E-state index >= 15 is 0 Å². The molecule has 0 spiro atoms. The Labute approximate surface area is 108 Å². The van der Waals surface area contributed by atoms with Gasteiger partial charge in [0, 0.05) is 26.3 Å². The molecule has 0 aliphatic carbocycles. The van der Waals surface area contributed by atoms with Gasteiger partial charge < -0.3 is 15.5 Å². The summed E-state index contributed by atoms with van der Waals surface area (Å²) >= 11 is 0. The number of carbonyl (C=O) groups excluding carboxylic acids is 1. The molecular formula is C13H20N4O. The summed E-state index contributed by atoms with van der Waals surface area (Å²) in [7, 11) is 2.02. The average Bonchev–Trinajstić information content (AvgIpc) is 2.89. The number of nitrogens with two attached hydrogens (primary N) is 1. The largest absolute Gasteiger partial charge is 0.366 e. The molecule has 5 heteroatoms. The predicted octanol–water partition coefficient (Wildman–Crippen LogP) is 0.712. The number of pyridine rings is 1. The van der Waals surface area contributed by atoms with E-state index in [0.717, 1.165) is 18.9 Å². The van der Waals surface area contributed by atoms with E-state index in [1.54, 1.807) is 6.07 Å². The highest BCUT2D eigenvalue weighted by Crippen LogP contribution is 2.11. The van der Waals surface area contributed by atoms with Crippen LogP contribution in [0.3, 0.4) is 0 Å². The van der Waals surface area contributed by atoms with Crippen LogP contribution in [0.25, 0.3) is 0 Å². The number of hydrogen-bond acceptors (Lipinski definition) is 4. The lowest BCUT2D eigenvalue weighted by atomic mass is 10.2. The molecule has 2 N–H and O–H groups in total. The first-order valence-electron chi connectivity index (χ1n) is 6.36. The fraction of sp³-hybridized carbons (Fsp3) is 0.538. The van der Waals surface area contributed by atoms with Gasteiger partial charge in [-0.25, -0.2) is 4.98 Å². The number of likely N-dealkylation sites (tertiary alicyclic amines) is 1. The van der Waals surface area contributed by atoms with Gasteiger partial charge in [0.2, 0.25) is 5.91 Å². The number of carbonyl (C=O) groups is 1. The third kappa shape index (κ3) is 3.20. The molecule has 1 aliphatic rings. The van der Waals surface area contributed by atoms with Crippen molar-refractivity contribution in [2.45, 2.75) is 12.8 Å². The van der Waals surface area contributed by atoms with Gasteiger partial charge in [-0.05, 0) is 38.1 Å². The van der Waals surface area contributed by atoms with Crippen molar-refractivity contribution in [1.29, 1.82) is 0 Å². The number of amides is 1. The highest BCUT2D eigenvalue weighted by Gasteiger charge is 2.12. The van der Waals surface area contributed by atoms with E-state index in [1.807, 2.05) is 13.1 Å². The van der Waals surface area contributed by atoms with Crippen LogP contribution in [0.4, 0.5) is 5.82 Å². The van der Waals surface area contributed by atoms with Crippen LogP contribution in [0.2, 0.25) is 0 Å². The van der Waals surface area contributed by atoms with Crippen molar-refractivity contribution in [3.63, 3.8) is 0 Å². The normalized spacial score (nSPS) is 15.8. The van der Waals surface area contributed by atoms with Crippen LogP contribution < -0.4 is 10.6 Å². The molecule has 1 aromatic rings. The molecule has 1 aliphatic heterocycles. The Morgan fingerprint density at radius 1 is 1.44 bits per heavy atom. The lowest BCUT2D eigenvalue weighted by molar-refractivity contribution is 0.1000. The molecule has 2 heterocycles. The Bertz CT molecular complexity index is 398. The second kappa shape index (κ2) is 5.82. The molecule has 0 bridgehead atoms. The van der Waals surface area contributed by atoms with Gasteiger partial charge in [-0.2, -0.15) is 0 Å². The summed E-state index contributed by atoms with van der Waals surface area (Å²) in [6, 6.07) is 3.56. The number of rotatable bonds is 5. The highest BCUT2D eigenvalue weighted by atomic mass is 16.1. The molecule has 1 fully saturated rings. The molecule has 1 saturated heterocycles. The maximum absolute atomic E-state index is 10.9. The number of nitrogens with zero attached hydrogens (tertiary/aromatic N) is 3. The molecule has 0 unspecified atom stereocenters.